The van der Waals surface area contributed by atoms with Crippen LogP contribution in [0.1, 0.15) is 62.5 Å². The minimum atomic E-state index is -0.816. The molecule has 4 rings (SSSR count). The maximum absolute atomic E-state index is 12.4. The summed E-state index contributed by atoms with van der Waals surface area (Å²) in [6, 6.07) is 16.4. The number of amides is 2. The van der Waals surface area contributed by atoms with Gasteiger partial charge in [-0.05, 0) is 53.4 Å². The van der Waals surface area contributed by atoms with Crippen molar-refractivity contribution in [2.24, 2.45) is 11.8 Å². The van der Waals surface area contributed by atoms with Crippen LogP contribution in [0.2, 0.25) is 0 Å². The Kier molecular flexibility index (Phi) is 8.06. The van der Waals surface area contributed by atoms with E-state index in [4.69, 9.17) is 9.84 Å². The first-order valence-corrected chi connectivity index (χ1v) is 12.5. The third-order valence-electron chi connectivity index (χ3n) is 7.23. The zero-order valence-corrected chi connectivity index (χ0v) is 20.2. The zero-order chi connectivity index (χ0) is 24.8. The van der Waals surface area contributed by atoms with Gasteiger partial charge in [0.25, 0.3) is 0 Å². The number of fused-ring (bicyclic) bond motifs is 3. The molecule has 3 atom stereocenters. The number of carboxylic acids is 1. The first-order chi connectivity index (χ1) is 16.9. The average molecular weight is 479 g/mol. The third kappa shape index (κ3) is 6.21. The number of carbonyl (C=O) groups is 3. The van der Waals surface area contributed by atoms with E-state index in [0.29, 0.717) is 19.4 Å². The summed E-state index contributed by atoms with van der Waals surface area (Å²) in [6.45, 7) is 2.68. The summed E-state index contributed by atoms with van der Waals surface area (Å²) in [7, 11) is 0. The van der Waals surface area contributed by atoms with Crippen LogP contribution < -0.4 is 10.6 Å². The van der Waals surface area contributed by atoms with E-state index in [1.807, 2.05) is 31.2 Å². The Morgan fingerprint density at radius 1 is 1.03 bits per heavy atom. The number of ether oxygens (including phenoxy) is 1. The molecule has 0 saturated heterocycles. The fourth-order valence-electron chi connectivity index (χ4n) is 5.45. The molecule has 7 heteroatoms. The maximum Gasteiger partial charge on any atom is 0.407 e. The summed E-state index contributed by atoms with van der Waals surface area (Å²) in [4.78, 5) is 35.7. The Morgan fingerprint density at radius 2 is 1.69 bits per heavy atom. The van der Waals surface area contributed by atoms with Crippen molar-refractivity contribution in [1.82, 2.24) is 10.6 Å². The molecule has 0 radical (unpaired) electrons. The summed E-state index contributed by atoms with van der Waals surface area (Å²) in [6.07, 6.45) is 3.28. The number of rotatable bonds is 10. The van der Waals surface area contributed by atoms with Gasteiger partial charge in [0.1, 0.15) is 6.61 Å². The van der Waals surface area contributed by atoms with Crippen LogP contribution in [0.4, 0.5) is 4.79 Å². The molecule has 3 unspecified atom stereocenters. The number of benzene rings is 2. The number of hydrogen-bond acceptors (Lipinski definition) is 4. The second-order valence-electron chi connectivity index (χ2n) is 9.81. The minimum absolute atomic E-state index is 0.0157. The summed E-state index contributed by atoms with van der Waals surface area (Å²) in [5.74, 6) is -0.744. The van der Waals surface area contributed by atoms with Gasteiger partial charge in [-0.15, -0.1) is 0 Å². The normalized spacial score (nSPS) is 19.5. The van der Waals surface area contributed by atoms with Crippen molar-refractivity contribution < 1.29 is 24.2 Å². The van der Waals surface area contributed by atoms with Crippen LogP contribution in [0.15, 0.2) is 48.5 Å². The van der Waals surface area contributed by atoms with Crippen LogP contribution in [0, 0.1) is 11.8 Å². The number of nitrogens with one attached hydrogen (secondary N) is 2. The van der Waals surface area contributed by atoms with E-state index in [1.165, 1.54) is 22.3 Å². The Bertz CT molecular complexity index is 1020. The molecule has 0 spiro atoms. The lowest BCUT2D eigenvalue weighted by Gasteiger charge is -2.21. The summed E-state index contributed by atoms with van der Waals surface area (Å²) < 4.78 is 5.56. The highest BCUT2D eigenvalue weighted by Crippen LogP contribution is 2.44. The maximum atomic E-state index is 12.4. The van der Waals surface area contributed by atoms with Gasteiger partial charge < -0.3 is 20.5 Å². The number of hydrogen-bond donors (Lipinski definition) is 3. The van der Waals surface area contributed by atoms with Crippen LogP contribution in [0.5, 0.6) is 0 Å². The standard InChI is InChI=1S/C28H34N2O5/c1-18(15-26(31)30-25-12-6-7-19(25)16-27(32)33)13-14-29-28(34)35-17-24-22-10-4-2-8-20(22)21-9-3-5-11-23(21)24/h2-5,8-11,18-19,24-25H,6-7,12-17H2,1H3,(H,29,34)(H,30,31)(H,32,33). The van der Waals surface area contributed by atoms with Crippen molar-refractivity contribution in [3.05, 3.63) is 59.7 Å². The van der Waals surface area contributed by atoms with Crippen LogP contribution in [-0.2, 0) is 14.3 Å². The lowest BCUT2D eigenvalue weighted by atomic mass is 9.98. The Balaban J connectivity index is 1.17. The molecule has 3 N–H and O–H groups in total. The second-order valence-corrected chi connectivity index (χ2v) is 9.81. The van der Waals surface area contributed by atoms with Crippen LogP contribution in [-0.4, -0.2) is 42.3 Å². The highest BCUT2D eigenvalue weighted by Gasteiger charge is 2.31. The van der Waals surface area contributed by atoms with Gasteiger partial charge in [0.15, 0.2) is 0 Å². The predicted molar refractivity (Wildman–Crippen MR) is 133 cm³/mol. The van der Waals surface area contributed by atoms with Crippen molar-refractivity contribution in [1.29, 1.82) is 0 Å². The molecule has 0 bridgehead atoms. The molecule has 1 saturated carbocycles. The number of aliphatic carboxylic acids is 1. The van der Waals surface area contributed by atoms with Crippen molar-refractivity contribution in [2.75, 3.05) is 13.2 Å². The SMILES string of the molecule is CC(CCNC(=O)OCC1c2ccccc2-c2ccccc21)CC(=O)NC1CCCC1CC(=O)O. The van der Waals surface area contributed by atoms with E-state index in [1.54, 1.807) is 0 Å². The molecule has 0 aliphatic heterocycles. The first-order valence-electron chi connectivity index (χ1n) is 12.5. The van der Waals surface area contributed by atoms with E-state index >= 15 is 0 Å². The van der Waals surface area contributed by atoms with Gasteiger partial charge in [0.05, 0.1) is 6.42 Å². The Labute approximate surface area is 206 Å². The molecular formula is C28H34N2O5. The molecule has 2 aliphatic rings. The third-order valence-corrected chi connectivity index (χ3v) is 7.23. The molecule has 2 aromatic rings. The summed E-state index contributed by atoms with van der Waals surface area (Å²) >= 11 is 0. The molecule has 186 valence electrons. The topological polar surface area (TPSA) is 105 Å². The number of carbonyl (C=O) groups excluding carboxylic acids is 2. The molecular weight excluding hydrogens is 444 g/mol. The summed E-state index contributed by atoms with van der Waals surface area (Å²) in [5.41, 5.74) is 4.73. The monoisotopic (exact) mass is 478 g/mol. The first kappa shape index (κ1) is 24.8. The zero-order valence-electron chi connectivity index (χ0n) is 20.2. The molecule has 35 heavy (non-hydrogen) atoms. The van der Waals surface area contributed by atoms with Gasteiger partial charge in [-0.3, -0.25) is 9.59 Å². The molecule has 7 nitrogen and oxygen atoms in total. The molecule has 2 amide bonds. The van der Waals surface area contributed by atoms with Crippen molar-refractivity contribution >= 4 is 18.0 Å². The number of carboxylic acid groups (broad SMARTS) is 1. The van der Waals surface area contributed by atoms with E-state index in [9.17, 15) is 14.4 Å². The van der Waals surface area contributed by atoms with E-state index in [2.05, 4.69) is 34.9 Å². The van der Waals surface area contributed by atoms with Gasteiger partial charge in [-0.1, -0.05) is 61.9 Å². The highest BCUT2D eigenvalue weighted by molar-refractivity contribution is 5.79. The van der Waals surface area contributed by atoms with Crippen molar-refractivity contribution in [3.8, 4) is 11.1 Å². The van der Waals surface area contributed by atoms with E-state index < -0.39 is 12.1 Å². The van der Waals surface area contributed by atoms with Crippen LogP contribution in [0.25, 0.3) is 11.1 Å². The lowest BCUT2D eigenvalue weighted by Crippen LogP contribution is -2.38. The lowest BCUT2D eigenvalue weighted by molar-refractivity contribution is -0.138. The van der Waals surface area contributed by atoms with Gasteiger partial charge >= 0.3 is 12.1 Å². The second kappa shape index (κ2) is 11.4. The minimum Gasteiger partial charge on any atom is -0.481 e. The highest BCUT2D eigenvalue weighted by atomic mass is 16.5. The van der Waals surface area contributed by atoms with E-state index in [-0.39, 0.29) is 42.7 Å². The fraction of sp³-hybridized carbons (Fsp3) is 0.464. The van der Waals surface area contributed by atoms with Gasteiger partial charge in [-0.25, -0.2) is 4.79 Å². The molecule has 1 fully saturated rings. The average Bonchev–Trinajstić information content (AvgIpc) is 3.39. The fourth-order valence-corrected chi connectivity index (χ4v) is 5.45. The number of alkyl carbamates (subject to hydrolysis) is 1. The molecule has 0 heterocycles. The predicted octanol–water partition coefficient (Wildman–Crippen LogP) is 4.70. The largest absolute Gasteiger partial charge is 0.481 e. The molecule has 2 aromatic carbocycles. The van der Waals surface area contributed by atoms with Gasteiger partial charge in [-0.2, -0.15) is 0 Å². The summed E-state index contributed by atoms with van der Waals surface area (Å²) in [5, 5.41) is 14.9. The smallest absolute Gasteiger partial charge is 0.407 e. The van der Waals surface area contributed by atoms with Crippen molar-refractivity contribution in [2.45, 2.75) is 57.4 Å². The quantitative estimate of drug-likeness (QED) is 0.459. The van der Waals surface area contributed by atoms with Gasteiger partial charge in [0, 0.05) is 24.9 Å². The Morgan fingerprint density at radius 3 is 2.34 bits per heavy atom. The van der Waals surface area contributed by atoms with Crippen molar-refractivity contribution in [3.63, 3.8) is 0 Å². The molecule has 2 aliphatic carbocycles. The Hall–Kier alpha value is -3.35. The van der Waals surface area contributed by atoms with Crippen LogP contribution >= 0.6 is 0 Å². The van der Waals surface area contributed by atoms with E-state index in [0.717, 1.165) is 19.3 Å². The molecule has 0 aromatic heterocycles. The van der Waals surface area contributed by atoms with Gasteiger partial charge in [0.2, 0.25) is 5.91 Å². The van der Waals surface area contributed by atoms with Crippen LogP contribution in [0.3, 0.4) is 0 Å².